The van der Waals surface area contributed by atoms with Crippen LogP contribution in [0.1, 0.15) is 33.5 Å². The van der Waals surface area contributed by atoms with E-state index in [4.69, 9.17) is 0 Å². The summed E-state index contributed by atoms with van der Waals surface area (Å²) in [6.45, 7) is 7.83. The van der Waals surface area contributed by atoms with Crippen LogP contribution >= 0.6 is 0 Å². The van der Waals surface area contributed by atoms with Gasteiger partial charge in [-0.1, -0.05) is 6.07 Å². The van der Waals surface area contributed by atoms with E-state index in [0.717, 1.165) is 22.4 Å². The molecule has 1 aliphatic heterocycles. The summed E-state index contributed by atoms with van der Waals surface area (Å²) in [7, 11) is -3.78. The molecule has 2 aromatic rings. The Morgan fingerprint density at radius 1 is 1.15 bits per heavy atom. The number of carbonyl (C=O) groups is 1. The number of sulfonamides is 1. The molecule has 1 aromatic heterocycles. The maximum atomic E-state index is 12.8. The van der Waals surface area contributed by atoms with E-state index in [1.165, 1.54) is 6.33 Å². The van der Waals surface area contributed by atoms with Crippen molar-refractivity contribution < 1.29 is 13.2 Å². The van der Waals surface area contributed by atoms with Gasteiger partial charge >= 0.3 is 0 Å². The molecule has 138 valence electrons. The lowest BCUT2D eigenvalue weighted by molar-refractivity contribution is -0.130. The number of carbonyl (C=O) groups excluding carboxylic acids is 1. The average molecular weight is 374 g/mol. The third kappa shape index (κ3) is 3.34. The summed E-state index contributed by atoms with van der Waals surface area (Å²) in [5.41, 5.74) is 4.93. The molecule has 0 fully saturated rings. The van der Waals surface area contributed by atoms with E-state index in [-0.39, 0.29) is 17.3 Å². The van der Waals surface area contributed by atoms with E-state index in [9.17, 15) is 13.2 Å². The smallest absolute Gasteiger partial charge is 0.241 e. The SMILES string of the molecule is Cc1cc(C)c(C)c(S(=O)(=O)NCC(=O)N2Cc3cncnc3C2)c1C. The van der Waals surface area contributed by atoms with Gasteiger partial charge in [0, 0.05) is 18.3 Å². The predicted molar refractivity (Wildman–Crippen MR) is 96.9 cm³/mol. The summed E-state index contributed by atoms with van der Waals surface area (Å²) < 4.78 is 28.1. The minimum atomic E-state index is -3.78. The van der Waals surface area contributed by atoms with Gasteiger partial charge in [-0.2, -0.15) is 0 Å². The molecule has 7 nitrogen and oxygen atoms in total. The maximum Gasteiger partial charge on any atom is 0.241 e. The molecule has 1 aliphatic rings. The molecule has 0 aliphatic carbocycles. The zero-order chi connectivity index (χ0) is 19.1. The molecule has 2 heterocycles. The zero-order valence-electron chi connectivity index (χ0n) is 15.3. The fourth-order valence-electron chi connectivity index (χ4n) is 3.20. The topological polar surface area (TPSA) is 92.3 Å². The number of aromatic nitrogens is 2. The molecule has 26 heavy (non-hydrogen) atoms. The van der Waals surface area contributed by atoms with Crippen LogP contribution in [0.25, 0.3) is 0 Å². The van der Waals surface area contributed by atoms with Crippen molar-refractivity contribution in [2.24, 2.45) is 0 Å². The lowest BCUT2D eigenvalue weighted by Crippen LogP contribution is -2.38. The summed E-state index contributed by atoms with van der Waals surface area (Å²) >= 11 is 0. The molecule has 1 aromatic carbocycles. The van der Waals surface area contributed by atoms with Crippen LogP contribution in [0.15, 0.2) is 23.5 Å². The zero-order valence-corrected chi connectivity index (χ0v) is 16.1. The Hall–Kier alpha value is -2.32. The van der Waals surface area contributed by atoms with Gasteiger partial charge in [-0.05, 0) is 49.9 Å². The van der Waals surface area contributed by atoms with E-state index in [1.54, 1.807) is 24.9 Å². The summed E-state index contributed by atoms with van der Waals surface area (Å²) in [6.07, 6.45) is 3.13. The summed E-state index contributed by atoms with van der Waals surface area (Å²) in [6, 6.07) is 1.97. The first-order valence-electron chi connectivity index (χ1n) is 8.33. The molecular formula is C18H22N4O3S. The molecule has 0 spiro atoms. The second-order valence-corrected chi connectivity index (χ2v) is 8.36. The van der Waals surface area contributed by atoms with Gasteiger partial charge in [-0.3, -0.25) is 4.79 Å². The van der Waals surface area contributed by atoms with Crippen LogP contribution in [-0.4, -0.2) is 35.7 Å². The standard InChI is InChI=1S/C18H22N4O3S/c1-11-5-12(2)14(4)18(13(11)3)26(24,25)21-7-17(23)22-8-15-6-19-10-20-16(15)9-22/h5-6,10,21H,7-9H2,1-4H3. The molecule has 1 N–H and O–H groups in total. The van der Waals surface area contributed by atoms with Crippen molar-refractivity contribution in [2.45, 2.75) is 45.7 Å². The number of rotatable bonds is 4. The highest BCUT2D eigenvalue weighted by Gasteiger charge is 2.27. The number of hydrogen-bond acceptors (Lipinski definition) is 5. The normalized spacial score (nSPS) is 13.8. The Morgan fingerprint density at radius 2 is 1.81 bits per heavy atom. The van der Waals surface area contributed by atoms with Gasteiger partial charge in [0.25, 0.3) is 0 Å². The van der Waals surface area contributed by atoms with Gasteiger partial charge in [0.15, 0.2) is 0 Å². The predicted octanol–water partition coefficient (Wildman–Crippen LogP) is 1.53. The van der Waals surface area contributed by atoms with Crippen molar-refractivity contribution in [3.8, 4) is 0 Å². The maximum absolute atomic E-state index is 12.8. The van der Waals surface area contributed by atoms with Gasteiger partial charge in [0.05, 0.1) is 23.7 Å². The van der Waals surface area contributed by atoms with Gasteiger partial charge < -0.3 is 4.90 Å². The third-order valence-electron chi connectivity index (χ3n) is 4.92. The Kier molecular flexibility index (Phi) is 4.81. The molecular weight excluding hydrogens is 352 g/mol. The lowest BCUT2D eigenvalue weighted by atomic mass is 10.0. The minimum Gasteiger partial charge on any atom is -0.331 e. The fourth-order valence-corrected chi connectivity index (χ4v) is 4.79. The minimum absolute atomic E-state index is 0.262. The fraction of sp³-hybridized carbons (Fsp3) is 0.389. The molecule has 0 radical (unpaired) electrons. The van der Waals surface area contributed by atoms with Crippen LogP contribution in [0.2, 0.25) is 0 Å². The Morgan fingerprint density at radius 3 is 2.42 bits per heavy atom. The number of amides is 1. The second-order valence-electron chi connectivity index (χ2n) is 6.66. The van der Waals surface area contributed by atoms with Gasteiger partial charge in [-0.25, -0.2) is 23.1 Å². The van der Waals surface area contributed by atoms with Crippen molar-refractivity contribution in [1.29, 1.82) is 0 Å². The van der Waals surface area contributed by atoms with Crippen LogP contribution in [-0.2, 0) is 27.9 Å². The second kappa shape index (κ2) is 6.77. The van der Waals surface area contributed by atoms with E-state index < -0.39 is 10.0 Å². The molecule has 0 saturated heterocycles. The number of aryl methyl sites for hydroxylation is 2. The van der Waals surface area contributed by atoms with E-state index in [2.05, 4.69) is 14.7 Å². The Labute approximate surface area is 153 Å². The molecule has 0 atom stereocenters. The van der Waals surface area contributed by atoms with Crippen molar-refractivity contribution in [2.75, 3.05) is 6.54 Å². The van der Waals surface area contributed by atoms with E-state index >= 15 is 0 Å². The van der Waals surface area contributed by atoms with Gasteiger partial charge in [0.2, 0.25) is 15.9 Å². The number of fused-ring (bicyclic) bond motifs is 1. The first kappa shape index (κ1) is 18.5. The van der Waals surface area contributed by atoms with Crippen molar-refractivity contribution in [1.82, 2.24) is 19.6 Å². The number of hydrogen-bond donors (Lipinski definition) is 1. The summed E-state index contributed by atoms with van der Waals surface area (Å²) in [5, 5.41) is 0. The third-order valence-corrected chi connectivity index (χ3v) is 6.59. The highest BCUT2D eigenvalue weighted by molar-refractivity contribution is 7.89. The molecule has 0 bridgehead atoms. The molecule has 8 heteroatoms. The molecule has 1 amide bonds. The number of nitrogens with one attached hydrogen (secondary N) is 1. The van der Waals surface area contributed by atoms with E-state index in [0.29, 0.717) is 24.2 Å². The largest absolute Gasteiger partial charge is 0.331 e. The van der Waals surface area contributed by atoms with Crippen LogP contribution in [0, 0.1) is 27.7 Å². The highest BCUT2D eigenvalue weighted by Crippen LogP contribution is 2.26. The van der Waals surface area contributed by atoms with E-state index in [1.807, 2.05) is 19.9 Å². The summed E-state index contributed by atoms with van der Waals surface area (Å²) in [4.78, 5) is 22.4. The monoisotopic (exact) mass is 374 g/mol. The molecule has 0 saturated carbocycles. The van der Waals surface area contributed by atoms with Crippen molar-refractivity contribution in [3.05, 3.63) is 52.1 Å². The first-order chi connectivity index (χ1) is 12.2. The number of benzene rings is 1. The van der Waals surface area contributed by atoms with Crippen LogP contribution in [0.4, 0.5) is 0 Å². The average Bonchev–Trinajstić information content (AvgIpc) is 3.02. The van der Waals surface area contributed by atoms with Crippen LogP contribution in [0.3, 0.4) is 0 Å². The Bertz CT molecular complexity index is 935. The van der Waals surface area contributed by atoms with Crippen LogP contribution in [0.5, 0.6) is 0 Å². The highest BCUT2D eigenvalue weighted by atomic mass is 32.2. The first-order valence-corrected chi connectivity index (χ1v) is 9.81. The lowest BCUT2D eigenvalue weighted by Gasteiger charge is -2.18. The Balaban J connectivity index is 1.75. The number of nitrogens with zero attached hydrogens (tertiary/aromatic N) is 3. The summed E-state index contributed by atoms with van der Waals surface area (Å²) in [5.74, 6) is -0.286. The van der Waals surface area contributed by atoms with Crippen molar-refractivity contribution in [3.63, 3.8) is 0 Å². The van der Waals surface area contributed by atoms with Gasteiger partial charge in [0.1, 0.15) is 6.33 Å². The molecule has 3 rings (SSSR count). The quantitative estimate of drug-likeness (QED) is 0.876. The van der Waals surface area contributed by atoms with Crippen molar-refractivity contribution >= 4 is 15.9 Å². The molecule has 0 unspecified atom stereocenters. The van der Waals surface area contributed by atoms with Crippen LogP contribution < -0.4 is 4.72 Å². The van der Waals surface area contributed by atoms with Gasteiger partial charge in [-0.15, -0.1) is 0 Å².